The number of aliphatic hydroxyl groups is 2. The Morgan fingerprint density at radius 1 is 0.389 bits per heavy atom. The number of nitrogens with one attached hydrogen (secondary N) is 1. The zero-order valence-electron chi connectivity index (χ0n) is 48.4. The summed E-state index contributed by atoms with van der Waals surface area (Å²) in [6.07, 6.45) is 77.3. The molecule has 3 N–H and O–H groups in total. The highest BCUT2D eigenvalue weighted by Gasteiger charge is 2.20. The van der Waals surface area contributed by atoms with Crippen molar-refractivity contribution in [3.8, 4) is 0 Å². The van der Waals surface area contributed by atoms with Crippen molar-refractivity contribution in [1.29, 1.82) is 0 Å². The maximum atomic E-state index is 12.5. The highest BCUT2D eigenvalue weighted by Crippen LogP contribution is 2.18. The number of ether oxygens (including phenoxy) is 1. The van der Waals surface area contributed by atoms with Crippen LogP contribution in [0.15, 0.2) is 36.5 Å². The molecule has 0 fully saturated rings. The zero-order chi connectivity index (χ0) is 52.2. The van der Waals surface area contributed by atoms with Gasteiger partial charge in [-0.15, -0.1) is 0 Å². The maximum absolute atomic E-state index is 12.5. The van der Waals surface area contributed by atoms with Crippen LogP contribution in [0.3, 0.4) is 0 Å². The fourth-order valence-corrected chi connectivity index (χ4v) is 9.96. The van der Waals surface area contributed by atoms with Crippen LogP contribution in [0.2, 0.25) is 0 Å². The summed E-state index contributed by atoms with van der Waals surface area (Å²) in [5.74, 6) is -0.0377. The lowest BCUT2D eigenvalue weighted by Crippen LogP contribution is -2.45. The summed E-state index contributed by atoms with van der Waals surface area (Å²) in [4.78, 5) is 24.6. The van der Waals surface area contributed by atoms with Crippen molar-refractivity contribution >= 4 is 11.9 Å². The summed E-state index contributed by atoms with van der Waals surface area (Å²) in [7, 11) is 0. The Hall–Kier alpha value is -1.92. The third kappa shape index (κ3) is 57.4. The van der Waals surface area contributed by atoms with E-state index in [1.807, 2.05) is 0 Å². The first-order valence-electron chi connectivity index (χ1n) is 32.2. The van der Waals surface area contributed by atoms with E-state index >= 15 is 0 Å². The van der Waals surface area contributed by atoms with Gasteiger partial charge in [0.1, 0.15) is 0 Å². The number of amides is 1. The molecule has 2 atom stereocenters. The molecule has 0 heterocycles. The number of carbonyl (C=O) groups excluding carboxylic acids is 2. The van der Waals surface area contributed by atoms with E-state index in [0.29, 0.717) is 25.9 Å². The van der Waals surface area contributed by atoms with Crippen LogP contribution in [0.4, 0.5) is 0 Å². The first-order chi connectivity index (χ1) is 35.5. The Kier molecular flexibility index (Phi) is 60.0. The first-order valence-corrected chi connectivity index (χ1v) is 32.2. The van der Waals surface area contributed by atoms with Crippen molar-refractivity contribution in [3.63, 3.8) is 0 Å². The monoisotopic (exact) mass is 1010 g/mol. The van der Waals surface area contributed by atoms with Crippen molar-refractivity contribution in [2.24, 2.45) is 0 Å². The summed E-state index contributed by atoms with van der Waals surface area (Å²) < 4.78 is 5.49. The predicted molar refractivity (Wildman–Crippen MR) is 315 cm³/mol. The second-order valence-electron chi connectivity index (χ2n) is 22.1. The number of unbranched alkanes of at least 4 members (excludes halogenated alkanes) is 43. The van der Waals surface area contributed by atoms with E-state index in [-0.39, 0.29) is 18.5 Å². The molecule has 0 bridgehead atoms. The van der Waals surface area contributed by atoms with Gasteiger partial charge >= 0.3 is 5.97 Å². The van der Waals surface area contributed by atoms with E-state index in [1.54, 1.807) is 0 Å². The van der Waals surface area contributed by atoms with Crippen LogP contribution >= 0.6 is 0 Å². The fraction of sp³-hybridized carbons (Fsp3) is 0.879. The Labute approximate surface area is 449 Å². The van der Waals surface area contributed by atoms with Gasteiger partial charge in [0.25, 0.3) is 0 Å². The number of rotatable bonds is 60. The highest BCUT2D eigenvalue weighted by molar-refractivity contribution is 5.76. The number of hydrogen-bond acceptors (Lipinski definition) is 5. The molecule has 0 aromatic carbocycles. The zero-order valence-corrected chi connectivity index (χ0v) is 48.4. The van der Waals surface area contributed by atoms with Crippen LogP contribution in [0.1, 0.15) is 348 Å². The maximum Gasteiger partial charge on any atom is 0.305 e. The molecule has 424 valence electrons. The van der Waals surface area contributed by atoms with E-state index in [0.717, 1.165) is 51.4 Å². The molecule has 0 rings (SSSR count). The molecule has 72 heavy (non-hydrogen) atoms. The summed E-state index contributed by atoms with van der Waals surface area (Å²) >= 11 is 0. The molecule has 0 saturated carbocycles. The third-order valence-corrected chi connectivity index (χ3v) is 14.9. The SMILES string of the molecule is CCCCC/C=C\C/C=C\CCCCCCCCCC(=O)OCCCCCCCCCCCCC/C=C\CCCCCCCCCC(=O)NC(CO)C(O)CCCCCCCCCCCCCCCCCC. The topological polar surface area (TPSA) is 95.9 Å². The second kappa shape index (κ2) is 61.6. The van der Waals surface area contributed by atoms with Gasteiger partial charge in [-0.25, -0.2) is 0 Å². The lowest BCUT2D eigenvalue weighted by Gasteiger charge is -2.22. The van der Waals surface area contributed by atoms with Crippen LogP contribution in [-0.4, -0.2) is 47.4 Å². The van der Waals surface area contributed by atoms with Gasteiger partial charge in [0.15, 0.2) is 0 Å². The van der Waals surface area contributed by atoms with Gasteiger partial charge in [-0.3, -0.25) is 9.59 Å². The first kappa shape index (κ1) is 70.1. The largest absolute Gasteiger partial charge is 0.466 e. The van der Waals surface area contributed by atoms with Crippen LogP contribution in [0, 0.1) is 0 Å². The second-order valence-corrected chi connectivity index (χ2v) is 22.1. The normalized spacial score (nSPS) is 12.8. The van der Waals surface area contributed by atoms with E-state index < -0.39 is 12.1 Å². The molecule has 0 saturated heterocycles. The number of aliphatic hydroxyl groups excluding tert-OH is 2. The van der Waals surface area contributed by atoms with Crippen molar-refractivity contribution in [3.05, 3.63) is 36.5 Å². The number of carbonyl (C=O) groups is 2. The molecular formula is C66H125NO5. The molecule has 1 amide bonds. The fourth-order valence-electron chi connectivity index (χ4n) is 9.96. The van der Waals surface area contributed by atoms with Crippen LogP contribution < -0.4 is 5.32 Å². The third-order valence-electron chi connectivity index (χ3n) is 14.9. The van der Waals surface area contributed by atoms with Gasteiger partial charge in [0.2, 0.25) is 5.91 Å². The van der Waals surface area contributed by atoms with Gasteiger partial charge in [0, 0.05) is 12.8 Å². The van der Waals surface area contributed by atoms with Crippen molar-refractivity contribution in [1.82, 2.24) is 5.32 Å². The average molecular weight is 1010 g/mol. The van der Waals surface area contributed by atoms with Crippen LogP contribution in [0.25, 0.3) is 0 Å². The van der Waals surface area contributed by atoms with E-state index in [4.69, 9.17) is 4.74 Å². The number of allylic oxidation sites excluding steroid dienone is 6. The van der Waals surface area contributed by atoms with Gasteiger partial charge in [0.05, 0.1) is 25.4 Å². The lowest BCUT2D eigenvalue weighted by molar-refractivity contribution is -0.143. The van der Waals surface area contributed by atoms with Crippen molar-refractivity contribution in [2.75, 3.05) is 13.2 Å². The molecule has 0 radical (unpaired) electrons. The van der Waals surface area contributed by atoms with Gasteiger partial charge in [-0.1, -0.05) is 288 Å². The molecule has 0 aliphatic rings. The van der Waals surface area contributed by atoms with Gasteiger partial charge in [-0.05, 0) is 83.5 Å². The van der Waals surface area contributed by atoms with Crippen molar-refractivity contribution in [2.45, 2.75) is 360 Å². The molecule has 0 aromatic rings. The van der Waals surface area contributed by atoms with Crippen LogP contribution in [0.5, 0.6) is 0 Å². The molecule has 0 aromatic heterocycles. The Morgan fingerprint density at radius 2 is 0.694 bits per heavy atom. The lowest BCUT2D eigenvalue weighted by atomic mass is 10.0. The average Bonchev–Trinajstić information content (AvgIpc) is 3.38. The number of hydrogen-bond donors (Lipinski definition) is 3. The summed E-state index contributed by atoms with van der Waals surface area (Å²) in [6, 6.07) is -0.547. The highest BCUT2D eigenvalue weighted by atomic mass is 16.5. The summed E-state index contributed by atoms with van der Waals surface area (Å²) in [5, 5.41) is 23.3. The van der Waals surface area contributed by atoms with E-state index in [9.17, 15) is 19.8 Å². The minimum absolute atomic E-state index is 0.00246. The van der Waals surface area contributed by atoms with E-state index in [1.165, 1.54) is 263 Å². The quantitative estimate of drug-likeness (QED) is 0.0320. The van der Waals surface area contributed by atoms with E-state index in [2.05, 4.69) is 55.6 Å². The summed E-state index contributed by atoms with van der Waals surface area (Å²) in [6.45, 7) is 4.94. The minimum atomic E-state index is -0.669. The van der Waals surface area contributed by atoms with Crippen LogP contribution in [-0.2, 0) is 14.3 Å². The molecule has 0 aliphatic carbocycles. The predicted octanol–water partition coefficient (Wildman–Crippen LogP) is 20.4. The standard InChI is InChI=1S/C66H125NO5/c1-3-5-7-9-11-13-15-17-19-27-32-36-40-44-48-52-56-60-66(71)72-61-57-53-49-45-41-37-33-29-26-24-22-21-23-25-28-31-35-39-43-47-51-55-59-65(70)67-63(62-68)64(69)58-54-50-46-42-38-34-30-20-18-16-14-12-10-8-6-4-2/h11,13,17,19,23,25,63-64,68-69H,3-10,12,14-16,18,20-22,24,26-62H2,1-2H3,(H,67,70)/b13-11-,19-17-,25-23-. The molecule has 6 nitrogen and oxygen atoms in total. The minimum Gasteiger partial charge on any atom is -0.466 e. The van der Waals surface area contributed by atoms with Gasteiger partial charge in [-0.2, -0.15) is 0 Å². The number of esters is 1. The van der Waals surface area contributed by atoms with Crippen molar-refractivity contribution < 1.29 is 24.5 Å². The Bertz CT molecular complexity index is 1170. The Morgan fingerprint density at radius 3 is 1.10 bits per heavy atom. The molecule has 0 spiro atoms. The molecule has 2 unspecified atom stereocenters. The van der Waals surface area contributed by atoms with Gasteiger partial charge < -0.3 is 20.3 Å². The smallest absolute Gasteiger partial charge is 0.305 e. The molecular weight excluding hydrogens is 887 g/mol. The molecule has 6 heteroatoms. The summed E-state index contributed by atoms with van der Waals surface area (Å²) in [5.41, 5.74) is 0. The Balaban J connectivity index is 3.41. The molecule has 0 aliphatic heterocycles.